The molecule has 1 N–H and O–H groups in total. The van der Waals surface area contributed by atoms with Gasteiger partial charge >= 0.3 is 0 Å². The second kappa shape index (κ2) is 6.27. The van der Waals surface area contributed by atoms with Gasteiger partial charge in [0.1, 0.15) is 5.75 Å². The van der Waals surface area contributed by atoms with Gasteiger partial charge in [0.15, 0.2) is 17.6 Å². The molecule has 0 saturated carbocycles. The summed E-state index contributed by atoms with van der Waals surface area (Å²) < 4.78 is 17.1. The van der Waals surface area contributed by atoms with E-state index >= 15 is 0 Å². The standard InChI is InChI=1S/C16H14BrNO4/c1-10(16(19)18-12-4-2-3-11(17)7-12)22-13-5-6-14-15(8-13)21-9-20-14/h2-8,10H,9H2,1H3,(H,18,19). The van der Waals surface area contributed by atoms with Crippen LogP contribution in [-0.4, -0.2) is 18.8 Å². The average Bonchev–Trinajstić information content (AvgIpc) is 2.94. The van der Waals surface area contributed by atoms with E-state index in [0.29, 0.717) is 22.9 Å². The summed E-state index contributed by atoms with van der Waals surface area (Å²) in [6.45, 7) is 1.90. The average molecular weight is 364 g/mol. The van der Waals surface area contributed by atoms with Gasteiger partial charge in [-0.05, 0) is 37.3 Å². The molecule has 0 bridgehead atoms. The van der Waals surface area contributed by atoms with Crippen LogP contribution in [0.1, 0.15) is 6.92 Å². The van der Waals surface area contributed by atoms with Crippen LogP contribution in [0.15, 0.2) is 46.9 Å². The number of amides is 1. The van der Waals surface area contributed by atoms with E-state index in [-0.39, 0.29) is 12.7 Å². The molecule has 2 aromatic rings. The number of hydrogen-bond acceptors (Lipinski definition) is 4. The summed E-state index contributed by atoms with van der Waals surface area (Å²) in [5.41, 5.74) is 0.709. The van der Waals surface area contributed by atoms with E-state index in [4.69, 9.17) is 14.2 Å². The van der Waals surface area contributed by atoms with Gasteiger partial charge in [-0.15, -0.1) is 0 Å². The molecule has 1 unspecified atom stereocenters. The lowest BCUT2D eigenvalue weighted by atomic mass is 10.3. The fourth-order valence-electron chi connectivity index (χ4n) is 2.02. The molecule has 2 aromatic carbocycles. The van der Waals surface area contributed by atoms with Crippen LogP contribution >= 0.6 is 15.9 Å². The maximum Gasteiger partial charge on any atom is 0.265 e. The lowest BCUT2D eigenvalue weighted by molar-refractivity contribution is -0.122. The quantitative estimate of drug-likeness (QED) is 0.901. The lowest BCUT2D eigenvalue weighted by Crippen LogP contribution is -2.30. The molecule has 1 aliphatic heterocycles. The molecule has 0 spiro atoms. The number of halogens is 1. The molecular formula is C16H14BrNO4. The van der Waals surface area contributed by atoms with Crippen molar-refractivity contribution in [1.82, 2.24) is 0 Å². The zero-order valence-corrected chi connectivity index (χ0v) is 13.4. The summed E-state index contributed by atoms with van der Waals surface area (Å²) in [5.74, 6) is 1.63. The van der Waals surface area contributed by atoms with E-state index in [9.17, 15) is 4.79 Å². The molecule has 6 heteroatoms. The first kappa shape index (κ1) is 14.7. The van der Waals surface area contributed by atoms with E-state index < -0.39 is 6.10 Å². The number of rotatable bonds is 4. The number of hydrogen-bond donors (Lipinski definition) is 1. The minimum atomic E-state index is -0.639. The smallest absolute Gasteiger partial charge is 0.265 e. The molecule has 0 radical (unpaired) electrons. The van der Waals surface area contributed by atoms with Gasteiger partial charge in [0, 0.05) is 16.2 Å². The van der Waals surface area contributed by atoms with E-state index in [2.05, 4.69) is 21.2 Å². The van der Waals surface area contributed by atoms with E-state index in [1.807, 2.05) is 24.3 Å². The molecule has 1 aliphatic rings. The normalized spacial score (nSPS) is 13.5. The van der Waals surface area contributed by atoms with Crippen molar-refractivity contribution in [2.24, 2.45) is 0 Å². The Hall–Kier alpha value is -2.21. The van der Waals surface area contributed by atoms with Crippen molar-refractivity contribution in [2.45, 2.75) is 13.0 Å². The molecule has 0 saturated heterocycles. The van der Waals surface area contributed by atoms with Gasteiger partial charge in [-0.2, -0.15) is 0 Å². The van der Waals surface area contributed by atoms with Gasteiger partial charge < -0.3 is 19.5 Å². The second-order valence-electron chi connectivity index (χ2n) is 4.77. The Morgan fingerprint density at radius 3 is 2.86 bits per heavy atom. The number of carbonyl (C=O) groups excluding carboxylic acids is 1. The maximum atomic E-state index is 12.2. The second-order valence-corrected chi connectivity index (χ2v) is 5.69. The highest BCUT2D eigenvalue weighted by atomic mass is 79.9. The van der Waals surface area contributed by atoms with Crippen molar-refractivity contribution in [2.75, 3.05) is 12.1 Å². The van der Waals surface area contributed by atoms with E-state index in [1.165, 1.54) is 0 Å². The predicted molar refractivity (Wildman–Crippen MR) is 85.4 cm³/mol. The largest absolute Gasteiger partial charge is 0.481 e. The van der Waals surface area contributed by atoms with Crippen LogP contribution < -0.4 is 19.5 Å². The van der Waals surface area contributed by atoms with Gasteiger partial charge in [0.25, 0.3) is 5.91 Å². The summed E-state index contributed by atoms with van der Waals surface area (Å²) in [5, 5.41) is 2.81. The third-order valence-corrected chi connectivity index (χ3v) is 3.61. The predicted octanol–water partition coefficient (Wildman–Crippen LogP) is 3.58. The Morgan fingerprint density at radius 1 is 1.23 bits per heavy atom. The Labute approximate surface area is 136 Å². The van der Waals surface area contributed by atoms with Crippen molar-refractivity contribution in [3.05, 3.63) is 46.9 Å². The molecule has 114 valence electrons. The van der Waals surface area contributed by atoms with E-state index in [1.54, 1.807) is 25.1 Å². The number of fused-ring (bicyclic) bond motifs is 1. The molecule has 0 aliphatic carbocycles. The van der Waals surface area contributed by atoms with Crippen LogP contribution in [0.25, 0.3) is 0 Å². The first-order valence-corrected chi connectivity index (χ1v) is 7.54. The Balaban J connectivity index is 1.63. The van der Waals surface area contributed by atoms with Gasteiger partial charge in [0.2, 0.25) is 6.79 Å². The monoisotopic (exact) mass is 363 g/mol. The van der Waals surface area contributed by atoms with Gasteiger partial charge in [-0.1, -0.05) is 22.0 Å². The van der Waals surface area contributed by atoms with Crippen molar-refractivity contribution in [3.8, 4) is 17.2 Å². The Morgan fingerprint density at radius 2 is 2.05 bits per heavy atom. The van der Waals surface area contributed by atoms with Crippen LogP contribution in [0.3, 0.4) is 0 Å². The third kappa shape index (κ3) is 3.33. The summed E-state index contributed by atoms with van der Waals surface area (Å²) in [7, 11) is 0. The van der Waals surface area contributed by atoms with Crippen LogP contribution in [0.4, 0.5) is 5.69 Å². The minimum absolute atomic E-state index is 0.206. The lowest BCUT2D eigenvalue weighted by Gasteiger charge is -2.15. The molecule has 5 nitrogen and oxygen atoms in total. The minimum Gasteiger partial charge on any atom is -0.481 e. The molecule has 1 amide bonds. The highest BCUT2D eigenvalue weighted by molar-refractivity contribution is 9.10. The maximum absolute atomic E-state index is 12.2. The number of anilines is 1. The molecule has 0 aromatic heterocycles. The van der Waals surface area contributed by atoms with Crippen LogP contribution in [-0.2, 0) is 4.79 Å². The fourth-order valence-corrected chi connectivity index (χ4v) is 2.42. The summed E-state index contributed by atoms with van der Waals surface area (Å²) in [4.78, 5) is 12.2. The molecule has 1 heterocycles. The van der Waals surface area contributed by atoms with Crippen molar-refractivity contribution in [3.63, 3.8) is 0 Å². The topological polar surface area (TPSA) is 56.8 Å². The number of benzene rings is 2. The van der Waals surface area contributed by atoms with Gasteiger partial charge in [0.05, 0.1) is 0 Å². The number of ether oxygens (including phenoxy) is 3. The summed E-state index contributed by atoms with van der Waals surface area (Å²) >= 11 is 3.36. The van der Waals surface area contributed by atoms with E-state index in [0.717, 1.165) is 4.47 Å². The van der Waals surface area contributed by atoms with Crippen molar-refractivity contribution < 1.29 is 19.0 Å². The molecule has 3 rings (SSSR count). The third-order valence-electron chi connectivity index (χ3n) is 3.12. The molecular weight excluding hydrogens is 350 g/mol. The Bertz CT molecular complexity index is 704. The number of carbonyl (C=O) groups is 1. The van der Waals surface area contributed by atoms with Crippen LogP contribution in [0.5, 0.6) is 17.2 Å². The zero-order valence-electron chi connectivity index (χ0n) is 11.8. The molecule has 22 heavy (non-hydrogen) atoms. The summed E-state index contributed by atoms with van der Waals surface area (Å²) in [6.07, 6.45) is -0.639. The summed E-state index contributed by atoms with van der Waals surface area (Å²) in [6, 6.07) is 12.6. The highest BCUT2D eigenvalue weighted by Gasteiger charge is 2.18. The molecule has 0 fully saturated rings. The molecule has 1 atom stereocenters. The van der Waals surface area contributed by atoms with Crippen molar-refractivity contribution >= 4 is 27.5 Å². The van der Waals surface area contributed by atoms with Gasteiger partial charge in [-0.3, -0.25) is 4.79 Å². The highest BCUT2D eigenvalue weighted by Crippen LogP contribution is 2.35. The fraction of sp³-hybridized carbons (Fsp3) is 0.188. The van der Waals surface area contributed by atoms with Crippen LogP contribution in [0, 0.1) is 0 Å². The zero-order chi connectivity index (χ0) is 15.5. The van der Waals surface area contributed by atoms with Gasteiger partial charge in [-0.25, -0.2) is 0 Å². The first-order valence-electron chi connectivity index (χ1n) is 6.74. The Kier molecular flexibility index (Phi) is 4.20. The number of nitrogens with one attached hydrogen (secondary N) is 1. The van der Waals surface area contributed by atoms with Crippen LogP contribution in [0.2, 0.25) is 0 Å². The SMILES string of the molecule is CC(Oc1ccc2c(c1)OCO2)C(=O)Nc1cccc(Br)c1. The van der Waals surface area contributed by atoms with Crippen molar-refractivity contribution in [1.29, 1.82) is 0 Å². The first-order chi connectivity index (χ1) is 10.6.